The molecule has 5 nitrogen and oxygen atoms in total. The Morgan fingerprint density at radius 1 is 1.18 bits per heavy atom. The zero-order valence-corrected chi connectivity index (χ0v) is 16.3. The highest BCUT2D eigenvalue weighted by Gasteiger charge is 2.46. The second-order valence-corrected chi connectivity index (χ2v) is 7.82. The Hall–Kier alpha value is -2.04. The lowest BCUT2D eigenvalue weighted by atomic mass is 10.1. The molecule has 0 saturated heterocycles. The third-order valence-electron chi connectivity index (χ3n) is 3.33. The number of alkyl halides is 3. The van der Waals surface area contributed by atoms with Crippen molar-refractivity contribution in [3.63, 3.8) is 0 Å². The minimum Gasteiger partial charge on any atom is -0.357 e. The number of hydrogen-bond donors (Lipinski definition) is 1. The van der Waals surface area contributed by atoms with Gasteiger partial charge in [0.15, 0.2) is 5.75 Å². The quantitative estimate of drug-likeness (QED) is 0.348. The van der Waals surface area contributed by atoms with E-state index in [1.54, 1.807) is 6.92 Å². The van der Waals surface area contributed by atoms with Gasteiger partial charge in [-0.25, -0.2) is 4.39 Å². The molecule has 0 aliphatic carbocycles. The van der Waals surface area contributed by atoms with E-state index in [-0.39, 0.29) is 39.2 Å². The van der Waals surface area contributed by atoms with Crippen molar-refractivity contribution in [1.29, 1.82) is 0 Å². The van der Waals surface area contributed by atoms with Gasteiger partial charge < -0.3 is 4.84 Å². The molecule has 12 heteroatoms. The molecule has 0 unspecified atom stereocenters. The highest BCUT2D eigenvalue weighted by Crippen LogP contribution is 2.29. The van der Waals surface area contributed by atoms with E-state index in [4.69, 9.17) is 28.0 Å². The molecule has 2 rings (SSSR count). The fourth-order valence-electron chi connectivity index (χ4n) is 1.99. The lowest BCUT2D eigenvalue weighted by Gasteiger charge is -2.15. The maximum Gasteiger partial charge on any atom is 0.516 e. The van der Waals surface area contributed by atoms with Crippen LogP contribution in [0.3, 0.4) is 0 Å². The summed E-state index contributed by atoms with van der Waals surface area (Å²) in [7, 11) is -5.65. The van der Waals surface area contributed by atoms with Crippen molar-refractivity contribution >= 4 is 44.6 Å². The van der Waals surface area contributed by atoms with Crippen molar-refractivity contribution in [2.45, 2.75) is 18.9 Å². The molecule has 2 aromatic rings. The zero-order chi connectivity index (χ0) is 21.1. The number of halogens is 6. The molecule has 0 radical (unpaired) electrons. The molecule has 2 aromatic carbocycles. The number of nitrogens with one attached hydrogen (secondary N) is 1. The zero-order valence-electron chi connectivity index (χ0n) is 14.0. The first-order valence-electron chi connectivity index (χ1n) is 7.52. The van der Waals surface area contributed by atoms with Gasteiger partial charge in [0.25, 0.3) is 0 Å². The van der Waals surface area contributed by atoms with Crippen molar-refractivity contribution in [2.75, 3.05) is 4.72 Å². The third-order valence-corrected chi connectivity index (χ3v) is 4.95. The van der Waals surface area contributed by atoms with Gasteiger partial charge in [0.05, 0.1) is 16.4 Å². The summed E-state index contributed by atoms with van der Waals surface area (Å²) in [6.45, 7) is 1.61. The number of oxime groups is 1. The molecule has 0 fully saturated rings. The van der Waals surface area contributed by atoms with Crippen molar-refractivity contribution in [3.05, 3.63) is 57.8 Å². The van der Waals surface area contributed by atoms with E-state index in [2.05, 4.69) is 5.16 Å². The van der Waals surface area contributed by atoms with E-state index < -0.39 is 21.3 Å². The first-order chi connectivity index (χ1) is 12.9. The van der Waals surface area contributed by atoms with Gasteiger partial charge in [-0.3, -0.25) is 4.72 Å². The van der Waals surface area contributed by atoms with Crippen LogP contribution in [0.25, 0.3) is 0 Å². The van der Waals surface area contributed by atoms with Gasteiger partial charge in [0.1, 0.15) is 5.82 Å². The van der Waals surface area contributed by atoms with Crippen LogP contribution in [0.15, 0.2) is 41.6 Å². The largest absolute Gasteiger partial charge is 0.516 e. The predicted octanol–water partition coefficient (Wildman–Crippen LogP) is 5.59. The van der Waals surface area contributed by atoms with E-state index in [9.17, 15) is 26.0 Å². The molecule has 0 aliphatic heterocycles. The summed E-state index contributed by atoms with van der Waals surface area (Å²) in [5.74, 6) is -0.607. The lowest BCUT2D eigenvalue weighted by Crippen LogP contribution is -2.30. The Labute approximate surface area is 167 Å². The van der Waals surface area contributed by atoms with Crippen LogP contribution in [0.1, 0.15) is 18.9 Å². The van der Waals surface area contributed by atoms with Crippen LogP contribution in [-0.2, 0) is 10.0 Å². The number of benzene rings is 2. The SMILES string of the molecule is CC/C(=N\Oc1ccc(F)c(Cl)c1)c1cc(Cl)ccc1NS(=O)(=O)C(F)(F)F. The van der Waals surface area contributed by atoms with Crippen LogP contribution in [0.2, 0.25) is 10.0 Å². The van der Waals surface area contributed by atoms with Gasteiger partial charge in [-0.15, -0.1) is 0 Å². The number of rotatable bonds is 6. The molecular formula is C16H12Cl2F4N2O3S. The molecule has 0 heterocycles. The van der Waals surface area contributed by atoms with Crippen LogP contribution >= 0.6 is 23.2 Å². The first kappa shape index (κ1) is 22.3. The predicted molar refractivity (Wildman–Crippen MR) is 98.9 cm³/mol. The third kappa shape index (κ3) is 5.27. The average molecular weight is 459 g/mol. The molecule has 0 amide bonds. The summed E-state index contributed by atoms with van der Waals surface area (Å²) >= 11 is 11.5. The Kier molecular flexibility index (Phi) is 6.79. The van der Waals surface area contributed by atoms with Gasteiger partial charge in [0.2, 0.25) is 0 Å². The minimum atomic E-state index is -5.65. The normalized spacial score (nSPS) is 12.8. The second kappa shape index (κ2) is 8.54. The van der Waals surface area contributed by atoms with Crippen LogP contribution in [0.5, 0.6) is 5.75 Å². The summed E-state index contributed by atoms with van der Waals surface area (Å²) in [6, 6.07) is 6.95. The summed E-state index contributed by atoms with van der Waals surface area (Å²) in [6.07, 6.45) is 0.149. The van der Waals surface area contributed by atoms with Gasteiger partial charge >= 0.3 is 15.5 Å². The molecule has 0 saturated carbocycles. The molecule has 0 spiro atoms. The van der Waals surface area contributed by atoms with Crippen LogP contribution in [0.4, 0.5) is 23.2 Å². The van der Waals surface area contributed by atoms with Crippen LogP contribution in [0, 0.1) is 5.82 Å². The molecule has 0 aliphatic rings. The standard InChI is InChI=1S/C16H12Cl2F4N2O3S/c1-2-14(23-27-10-4-5-13(19)12(18)8-10)11-7-9(17)3-6-15(11)24-28(25,26)16(20,21)22/h3-8,24H,2H2,1H3/b23-14+. The molecule has 0 aromatic heterocycles. The van der Waals surface area contributed by atoms with Gasteiger partial charge in [-0.2, -0.15) is 21.6 Å². The average Bonchev–Trinajstić information content (AvgIpc) is 2.59. The van der Waals surface area contributed by atoms with Gasteiger partial charge in [-0.1, -0.05) is 35.3 Å². The Morgan fingerprint density at radius 2 is 1.86 bits per heavy atom. The van der Waals surface area contributed by atoms with E-state index in [0.717, 1.165) is 18.2 Å². The summed E-state index contributed by atoms with van der Waals surface area (Å²) in [4.78, 5) is 5.14. The molecule has 0 atom stereocenters. The maximum absolute atomic E-state index is 13.2. The maximum atomic E-state index is 13.2. The molecule has 1 N–H and O–H groups in total. The Morgan fingerprint density at radius 3 is 2.43 bits per heavy atom. The van der Waals surface area contributed by atoms with E-state index >= 15 is 0 Å². The van der Waals surface area contributed by atoms with E-state index in [1.165, 1.54) is 22.9 Å². The fraction of sp³-hybridized carbons (Fsp3) is 0.188. The smallest absolute Gasteiger partial charge is 0.357 e. The van der Waals surface area contributed by atoms with E-state index in [1.807, 2.05) is 0 Å². The molecule has 0 bridgehead atoms. The number of hydrogen-bond acceptors (Lipinski definition) is 4. The van der Waals surface area contributed by atoms with Crippen LogP contribution in [-0.4, -0.2) is 19.6 Å². The summed E-state index contributed by atoms with van der Waals surface area (Å²) in [5.41, 5.74) is -5.82. The summed E-state index contributed by atoms with van der Waals surface area (Å²) in [5, 5.41) is 3.73. The highest BCUT2D eigenvalue weighted by atomic mass is 35.5. The van der Waals surface area contributed by atoms with E-state index in [0.29, 0.717) is 0 Å². The molecule has 28 heavy (non-hydrogen) atoms. The van der Waals surface area contributed by atoms with Gasteiger partial charge in [-0.05, 0) is 36.8 Å². The summed E-state index contributed by atoms with van der Waals surface area (Å²) < 4.78 is 75.5. The Bertz CT molecular complexity index is 1010. The molecular weight excluding hydrogens is 447 g/mol. The first-order valence-corrected chi connectivity index (χ1v) is 9.76. The van der Waals surface area contributed by atoms with Crippen LogP contribution < -0.4 is 9.56 Å². The fourth-order valence-corrected chi connectivity index (χ4v) is 2.92. The van der Waals surface area contributed by atoms with Gasteiger partial charge in [0, 0.05) is 16.7 Å². The second-order valence-electron chi connectivity index (χ2n) is 5.30. The van der Waals surface area contributed by atoms with Crippen molar-refractivity contribution in [3.8, 4) is 5.75 Å². The van der Waals surface area contributed by atoms with Crippen molar-refractivity contribution < 1.29 is 30.8 Å². The monoisotopic (exact) mass is 458 g/mol. The van der Waals surface area contributed by atoms with Crippen molar-refractivity contribution in [2.24, 2.45) is 5.16 Å². The minimum absolute atomic E-state index is 0.0176. The topological polar surface area (TPSA) is 67.8 Å². The van der Waals surface area contributed by atoms with Crippen molar-refractivity contribution in [1.82, 2.24) is 0 Å². The number of nitrogens with zero attached hydrogens (tertiary/aromatic N) is 1. The highest BCUT2D eigenvalue weighted by molar-refractivity contribution is 7.93. The number of sulfonamides is 1. The lowest BCUT2D eigenvalue weighted by molar-refractivity contribution is -0.0429. The Balaban J connectivity index is 2.42. The number of anilines is 1. The molecule has 152 valence electrons.